The lowest BCUT2D eigenvalue weighted by atomic mass is 9.70. The Bertz CT molecular complexity index is 963. The fourth-order valence-corrected chi connectivity index (χ4v) is 8.07. The highest BCUT2D eigenvalue weighted by molar-refractivity contribution is 8.02. The monoisotopic (exact) mass is 503 g/mol. The van der Waals surface area contributed by atoms with Gasteiger partial charge in [-0.1, -0.05) is 0 Å². The summed E-state index contributed by atoms with van der Waals surface area (Å²) in [5, 5.41) is 15.4. The van der Waals surface area contributed by atoms with E-state index in [0.29, 0.717) is 31.7 Å². The quantitative estimate of drug-likeness (QED) is 0.447. The summed E-state index contributed by atoms with van der Waals surface area (Å²) >= 11 is 1.66. The van der Waals surface area contributed by atoms with E-state index in [1.165, 1.54) is 0 Å². The van der Waals surface area contributed by atoms with E-state index in [4.69, 9.17) is 4.74 Å². The van der Waals surface area contributed by atoms with Crippen LogP contribution >= 0.6 is 11.8 Å². The maximum absolute atomic E-state index is 13.8. The molecule has 2 unspecified atom stereocenters. The van der Waals surface area contributed by atoms with E-state index in [1.54, 1.807) is 28.8 Å². The van der Waals surface area contributed by atoms with E-state index in [9.17, 15) is 19.5 Å². The topological polar surface area (TPSA) is 108 Å². The molecule has 0 radical (unpaired) electrons. The first-order chi connectivity index (χ1) is 16.6. The maximum atomic E-state index is 13.8. The number of thioether (sulfide) groups is 1. The average Bonchev–Trinajstić information content (AvgIpc) is 3.42. The Balaban J connectivity index is 1.59. The summed E-state index contributed by atoms with van der Waals surface area (Å²) < 4.78 is 4.88. The number of nitrogens with one attached hydrogen (secondary N) is 2. The number of hydrogen-bond acceptors (Lipinski definition) is 6. The van der Waals surface area contributed by atoms with Crippen molar-refractivity contribution in [1.82, 2.24) is 10.2 Å². The van der Waals surface area contributed by atoms with Gasteiger partial charge in [-0.3, -0.25) is 14.4 Å². The predicted molar refractivity (Wildman–Crippen MR) is 136 cm³/mol. The van der Waals surface area contributed by atoms with Crippen LogP contribution in [0, 0.1) is 11.8 Å². The number of carbonyl (C=O) groups is 3. The summed E-state index contributed by atoms with van der Waals surface area (Å²) in [6.07, 6.45) is 2.72. The molecule has 3 aliphatic heterocycles. The van der Waals surface area contributed by atoms with Crippen molar-refractivity contribution >= 4 is 35.2 Å². The van der Waals surface area contributed by atoms with Gasteiger partial charge in [0.25, 0.3) is 0 Å². The van der Waals surface area contributed by atoms with Gasteiger partial charge in [0, 0.05) is 29.6 Å². The largest absolute Gasteiger partial charge is 0.494 e. The van der Waals surface area contributed by atoms with Crippen molar-refractivity contribution in [3.63, 3.8) is 0 Å². The van der Waals surface area contributed by atoms with Crippen LogP contribution < -0.4 is 15.4 Å². The Morgan fingerprint density at radius 2 is 1.91 bits per heavy atom. The smallest absolute Gasteiger partial charge is 0.244 e. The second kappa shape index (κ2) is 10.0. The Morgan fingerprint density at radius 3 is 2.54 bits per heavy atom. The number of aliphatic hydroxyl groups is 1. The molecule has 2 bridgehead atoms. The van der Waals surface area contributed by atoms with Crippen LogP contribution in [0.4, 0.5) is 5.69 Å². The molecule has 3 saturated heterocycles. The van der Waals surface area contributed by atoms with Gasteiger partial charge in [-0.15, -0.1) is 11.8 Å². The minimum atomic E-state index is -0.615. The summed E-state index contributed by atoms with van der Waals surface area (Å²) in [5.41, 5.74) is 0.227. The number of fused-ring (bicyclic) bond motifs is 1. The van der Waals surface area contributed by atoms with E-state index < -0.39 is 28.2 Å². The first kappa shape index (κ1) is 25.8. The van der Waals surface area contributed by atoms with Crippen molar-refractivity contribution < 1.29 is 24.2 Å². The van der Waals surface area contributed by atoms with Gasteiger partial charge < -0.3 is 25.4 Å². The number of benzene rings is 1. The van der Waals surface area contributed by atoms with Crippen LogP contribution in [-0.4, -0.2) is 69.1 Å². The molecular weight excluding hydrogens is 466 g/mol. The van der Waals surface area contributed by atoms with Crippen LogP contribution in [0.25, 0.3) is 0 Å². The lowest BCUT2D eigenvalue weighted by Crippen LogP contribution is -2.57. The number of nitrogens with zero attached hydrogens (tertiary/aromatic N) is 1. The van der Waals surface area contributed by atoms with Crippen molar-refractivity contribution in [3.05, 3.63) is 24.3 Å². The van der Waals surface area contributed by atoms with Crippen LogP contribution in [-0.2, 0) is 14.4 Å². The third-order valence-electron chi connectivity index (χ3n) is 7.09. The fourth-order valence-electron chi connectivity index (χ4n) is 5.85. The molecule has 3 aliphatic rings. The number of carbonyl (C=O) groups excluding carboxylic acids is 3. The third-order valence-corrected chi connectivity index (χ3v) is 9.04. The standard InChI is InChI=1S/C26H37N3O5S/c1-5-34-17-10-8-16(9-11-17)27-22(31)19-18-12-13-26(35-18)20(19)24(33)29(14-6-7-15-30)21(26)23(32)28-25(2,3)4/h8-11,18-21,30H,5-7,12-15H2,1-4H3,(H,27,31)(H,28,32)/t18-,19+,20+,21?,26?/m1/s1. The fraction of sp³-hybridized carbons (Fsp3) is 0.654. The Labute approximate surface area is 211 Å². The molecule has 0 aromatic heterocycles. The average molecular weight is 504 g/mol. The number of ether oxygens (including phenoxy) is 1. The number of aliphatic hydroxyl groups excluding tert-OH is 1. The van der Waals surface area contributed by atoms with Crippen LogP contribution in [0.15, 0.2) is 24.3 Å². The molecule has 1 aromatic carbocycles. The highest BCUT2D eigenvalue weighted by Crippen LogP contribution is 2.66. The summed E-state index contributed by atoms with van der Waals surface area (Å²) in [6, 6.07) is 6.61. The van der Waals surface area contributed by atoms with Crippen molar-refractivity contribution in [2.75, 3.05) is 25.1 Å². The van der Waals surface area contributed by atoms with Crippen LogP contribution in [0.2, 0.25) is 0 Å². The van der Waals surface area contributed by atoms with Crippen molar-refractivity contribution in [2.45, 2.75) is 75.0 Å². The first-order valence-electron chi connectivity index (χ1n) is 12.6. The van der Waals surface area contributed by atoms with Crippen LogP contribution in [0.5, 0.6) is 5.75 Å². The number of unbranched alkanes of at least 4 members (excludes halogenated alkanes) is 1. The van der Waals surface area contributed by atoms with E-state index in [1.807, 2.05) is 39.8 Å². The van der Waals surface area contributed by atoms with Gasteiger partial charge in [-0.2, -0.15) is 0 Å². The highest BCUT2D eigenvalue weighted by atomic mass is 32.2. The summed E-state index contributed by atoms with van der Waals surface area (Å²) in [5.74, 6) is -0.716. The molecule has 5 atom stereocenters. The zero-order chi connectivity index (χ0) is 25.4. The van der Waals surface area contributed by atoms with Crippen molar-refractivity contribution in [1.29, 1.82) is 0 Å². The van der Waals surface area contributed by atoms with Gasteiger partial charge >= 0.3 is 0 Å². The molecule has 3 N–H and O–H groups in total. The Kier molecular flexibility index (Phi) is 7.38. The van der Waals surface area contributed by atoms with Gasteiger partial charge in [0.2, 0.25) is 17.7 Å². The molecule has 3 amide bonds. The first-order valence-corrected chi connectivity index (χ1v) is 13.4. The van der Waals surface area contributed by atoms with Gasteiger partial charge in [0.1, 0.15) is 11.8 Å². The van der Waals surface area contributed by atoms with Crippen molar-refractivity contribution in [3.8, 4) is 5.75 Å². The van der Waals surface area contributed by atoms with Crippen LogP contribution in [0.3, 0.4) is 0 Å². The number of rotatable bonds is 9. The van der Waals surface area contributed by atoms with Gasteiger partial charge in [0.05, 0.1) is 23.2 Å². The molecule has 1 spiro atoms. The molecule has 192 valence electrons. The SMILES string of the molecule is CCOc1ccc(NC(=O)[C@@H]2[C@H]3C(=O)N(CCCCO)C(C(=O)NC(C)(C)C)C34CC[C@H]2S4)cc1. The Hall–Kier alpha value is -2.26. The molecule has 0 saturated carbocycles. The van der Waals surface area contributed by atoms with E-state index in [2.05, 4.69) is 10.6 Å². The molecule has 4 rings (SSSR count). The third kappa shape index (κ3) is 4.89. The van der Waals surface area contributed by atoms with E-state index >= 15 is 0 Å². The van der Waals surface area contributed by atoms with Gasteiger partial charge in [-0.25, -0.2) is 0 Å². The molecule has 8 nitrogen and oxygen atoms in total. The second-order valence-corrected chi connectivity index (χ2v) is 12.3. The number of anilines is 1. The highest BCUT2D eigenvalue weighted by Gasteiger charge is 2.73. The lowest BCUT2D eigenvalue weighted by molar-refractivity contribution is -0.139. The minimum Gasteiger partial charge on any atom is -0.494 e. The predicted octanol–water partition coefficient (Wildman–Crippen LogP) is 2.80. The zero-order valence-electron chi connectivity index (χ0n) is 21.0. The summed E-state index contributed by atoms with van der Waals surface area (Å²) in [7, 11) is 0. The molecular formula is C26H37N3O5S. The van der Waals surface area contributed by atoms with Gasteiger partial charge in [0.15, 0.2) is 0 Å². The lowest BCUT2D eigenvalue weighted by Gasteiger charge is -2.36. The van der Waals surface area contributed by atoms with E-state index in [0.717, 1.165) is 18.6 Å². The Morgan fingerprint density at radius 1 is 1.20 bits per heavy atom. The number of amides is 3. The summed E-state index contributed by atoms with van der Waals surface area (Å²) in [6.45, 7) is 8.71. The molecule has 3 heterocycles. The normalized spacial score (nSPS) is 29.3. The molecule has 3 fully saturated rings. The maximum Gasteiger partial charge on any atom is 0.244 e. The molecule has 0 aliphatic carbocycles. The molecule has 35 heavy (non-hydrogen) atoms. The van der Waals surface area contributed by atoms with Gasteiger partial charge in [-0.05, 0) is 77.6 Å². The minimum absolute atomic E-state index is 0.0103. The van der Waals surface area contributed by atoms with E-state index in [-0.39, 0.29) is 29.6 Å². The zero-order valence-corrected chi connectivity index (χ0v) is 21.8. The molecule has 1 aromatic rings. The van der Waals surface area contributed by atoms with Crippen molar-refractivity contribution in [2.24, 2.45) is 11.8 Å². The number of likely N-dealkylation sites (tertiary alicyclic amines) is 1. The van der Waals surface area contributed by atoms with Crippen LogP contribution in [0.1, 0.15) is 53.4 Å². The second-order valence-electron chi connectivity index (χ2n) is 10.7. The number of hydrogen-bond donors (Lipinski definition) is 3. The molecule has 9 heteroatoms. The summed E-state index contributed by atoms with van der Waals surface area (Å²) in [4.78, 5) is 42.6.